The molecular weight excluding hydrogens is 438 g/mol. The van der Waals surface area contributed by atoms with Crippen LogP contribution in [0.15, 0.2) is 46.8 Å². The molecule has 2 aliphatic rings. The van der Waals surface area contributed by atoms with Gasteiger partial charge in [-0.1, -0.05) is 0 Å². The fourth-order valence-electron chi connectivity index (χ4n) is 4.28. The number of aromatic nitrogens is 6. The van der Waals surface area contributed by atoms with Crippen LogP contribution in [0.1, 0.15) is 32.1 Å². The van der Waals surface area contributed by atoms with Crippen molar-refractivity contribution in [3.05, 3.63) is 36.7 Å². The van der Waals surface area contributed by atoms with E-state index in [1.807, 2.05) is 35.8 Å². The average Bonchev–Trinajstić information content (AvgIpc) is 3.27. The molecule has 1 amide bonds. The zero-order valence-corrected chi connectivity index (χ0v) is 19.0. The maximum atomic E-state index is 12.0. The maximum absolute atomic E-state index is 12.0. The minimum Gasteiger partial charge on any atom is -0.381 e. The highest BCUT2D eigenvalue weighted by Gasteiger charge is 2.30. The van der Waals surface area contributed by atoms with Crippen LogP contribution in [0, 0.1) is 5.92 Å². The van der Waals surface area contributed by atoms with Gasteiger partial charge in [0.2, 0.25) is 11.1 Å². The summed E-state index contributed by atoms with van der Waals surface area (Å²) in [6, 6.07) is 8.87. The fraction of sp³-hybridized carbons (Fsp3) is 0.409. The lowest BCUT2D eigenvalue weighted by atomic mass is 10.2. The number of hydrogen-bond donors (Lipinski definition) is 3. The summed E-state index contributed by atoms with van der Waals surface area (Å²) < 4.78 is 3.66. The highest BCUT2D eigenvalue weighted by molar-refractivity contribution is 7.99. The van der Waals surface area contributed by atoms with Crippen molar-refractivity contribution in [1.82, 2.24) is 34.5 Å². The molecule has 2 atom stereocenters. The molecule has 2 aliphatic carbocycles. The second-order valence-corrected chi connectivity index (χ2v) is 9.72. The molecule has 170 valence electrons. The molecule has 0 radical (unpaired) electrons. The minimum atomic E-state index is 0.0337. The third kappa shape index (κ3) is 4.25. The molecule has 33 heavy (non-hydrogen) atoms. The molecule has 10 nitrogen and oxygen atoms in total. The Kier molecular flexibility index (Phi) is 5.14. The van der Waals surface area contributed by atoms with Gasteiger partial charge in [-0.2, -0.15) is 5.10 Å². The summed E-state index contributed by atoms with van der Waals surface area (Å²) in [4.78, 5) is 16.4. The topological polar surface area (TPSA) is 114 Å². The average molecular weight is 464 g/mol. The third-order valence-electron chi connectivity index (χ3n) is 6.27. The van der Waals surface area contributed by atoms with E-state index in [0.29, 0.717) is 23.5 Å². The molecular formula is C22H25N9OS. The van der Waals surface area contributed by atoms with Crippen molar-refractivity contribution >= 4 is 40.5 Å². The van der Waals surface area contributed by atoms with Gasteiger partial charge in [0.1, 0.15) is 5.03 Å². The summed E-state index contributed by atoms with van der Waals surface area (Å²) in [6.45, 7) is 0. The quantitative estimate of drug-likeness (QED) is 0.383. The van der Waals surface area contributed by atoms with Gasteiger partial charge in [-0.05, 0) is 75.2 Å². The van der Waals surface area contributed by atoms with E-state index in [1.54, 1.807) is 10.7 Å². The van der Waals surface area contributed by atoms with E-state index in [0.717, 1.165) is 47.2 Å². The van der Waals surface area contributed by atoms with E-state index in [4.69, 9.17) is 0 Å². The predicted octanol–water partition coefficient (Wildman–Crippen LogP) is 2.82. The first-order chi connectivity index (χ1) is 16.1. The lowest BCUT2D eigenvalue weighted by Gasteiger charge is -2.15. The van der Waals surface area contributed by atoms with E-state index in [2.05, 4.69) is 42.3 Å². The van der Waals surface area contributed by atoms with Crippen LogP contribution in [0.5, 0.6) is 0 Å². The predicted molar refractivity (Wildman–Crippen MR) is 126 cm³/mol. The molecule has 3 N–H and O–H groups in total. The van der Waals surface area contributed by atoms with Gasteiger partial charge < -0.3 is 16.0 Å². The van der Waals surface area contributed by atoms with E-state index in [1.165, 1.54) is 18.2 Å². The van der Waals surface area contributed by atoms with Gasteiger partial charge in [0.15, 0.2) is 17.1 Å². The van der Waals surface area contributed by atoms with Crippen molar-refractivity contribution in [2.75, 3.05) is 17.7 Å². The monoisotopic (exact) mass is 463 g/mol. The zero-order valence-electron chi connectivity index (χ0n) is 18.2. The summed E-state index contributed by atoms with van der Waals surface area (Å²) in [5.41, 5.74) is 2.52. The Morgan fingerprint density at radius 2 is 1.88 bits per heavy atom. The molecule has 0 spiro atoms. The summed E-state index contributed by atoms with van der Waals surface area (Å²) in [6.07, 6.45) is 9.17. The van der Waals surface area contributed by atoms with Crippen LogP contribution < -0.4 is 16.0 Å². The van der Waals surface area contributed by atoms with Gasteiger partial charge in [-0.15, -0.1) is 10.2 Å². The first-order valence-electron chi connectivity index (χ1n) is 11.3. The van der Waals surface area contributed by atoms with Gasteiger partial charge in [-0.3, -0.25) is 9.20 Å². The smallest absolute Gasteiger partial charge is 0.228 e. The fourth-order valence-corrected chi connectivity index (χ4v) is 5.06. The van der Waals surface area contributed by atoms with Crippen molar-refractivity contribution in [2.45, 2.75) is 54.4 Å². The van der Waals surface area contributed by atoms with E-state index in [9.17, 15) is 4.79 Å². The number of hydrogen-bond acceptors (Lipinski definition) is 8. The van der Waals surface area contributed by atoms with Crippen molar-refractivity contribution < 1.29 is 4.79 Å². The summed E-state index contributed by atoms with van der Waals surface area (Å²) in [5, 5.41) is 24.7. The number of pyridine rings is 1. The Morgan fingerprint density at radius 1 is 1.03 bits per heavy atom. The number of amides is 1. The van der Waals surface area contributed by atoms with Crippen LogP contribution in [0.3, 0.4) is 0 Å². The van der Waals surface area contributed by atoms with Crippen molar-refractivity contribution in [3.8, 4) is 0 Å². The molecule has 2 fully saturated rings. The van der Waals surface area contributed by atoms with Crippen LogP contribution >= 0.6 is 11.8 Å². The van der Waals surface area contributed by atoms with Crippen LogP contribution in [0.25, 0.3) is 11.3 Å². The number of anilines is 2. The number of imidazole rings is 1. The first kappa shape index (κ1) is 20.4. The number of carbonyl (C=O) groups is 1. The second-order valence-electron chi connectivity index (χ2n) is 8.73. The molecule has 4 aromatic rings. The minimum absolute atomic E-state index is 0.0337. The molecule has 11 heteroatoms. The van der Waals surface area contributed by atoms with Crippen LogP contribution in [-0.4, -0.2) is 54.2 Å². The molecule has 0 aliphatic heterocycles. The lowest BCUT2D eigenvalue weighted by molar-refractivity contribution is -0.117. The van der Waals surface area contributed by atoms with Gasteiger partial charge >= 0.3 is 0 Å². The number of rotatable bonds is 7. The van der Waals surface area contributed by atoms with E-state index in [-0.39, 0.29) is 11.8 Å². The number of nitrogens with zero attached hydrogens (tertiary/aromatic N) is 6. The second kappa shape index (κ2) is 8.31. The molecule has 0 bridgehead atoms. The largest absolute Gasteiger partial charge is 0.381 e. The number of fused-ring (bicyclic) bond motifs is 2. The first-order valence-corrected chi connectivity index (χ1v) is 12.1. The Hall–Kier alpha value is -3.18. The highest BCUT2D eigenvalue weighted by Crippen LogP contribution is 2.30. The standard InChI is InChI=1S/C22H25N9OS/c1-23-14-4-5-15(10-14)24-16-6-7-19-27-28-22(30(19)11-16)33-20-9-8-18-25-17(12-31(18)29-20)26-21(32)13-2-3-13/h6-9,11-15,23-24H,2-5,10H2,1H3,(H,26,32). The molecule has 4 aromatic heterocycles. The Morgan fingerprint density at radius 3 is 2.70 bits per heavy atom. The van der Waals surface area contributed by atoms with Gasteiger partial charge in [0.05, 0.1) is 11.9 Å². The van der Waals surface area contributed by atoms with Crippen molar-refractivity contribution in [2.24, 2.45) is 5.92 Å². The van der Waals surface area contributed by atoms with Crippen molar-refractivity contribution in [1.29, 1.82) is 0 Å². The van der Waals surface area contributed by atoms with Gasteiger partial charge in [-0.25, -0.2) is 9.50 Å². The lowest BCUT2D eigenvalue weighted by Crippen LogP contribution is -2.24. The summed E-state index contributed by atoms with van der Waals surface area (Å²) in [5.74, 6) is 0.692. The number of carbonyl (C=O) groups excluding carboxylic acids is 1. The summed E-state index contributed by atoms with van der Waals surface area (Å²) in [7, 11) is 2.03. The van der Waals surface area contributed by atoms with Crippen LogP contribution in [0.2, 0.25) is 0 Å². The van der Waals surface area contributed by atoms with Gasteiger partial charge in [0.25, 0.3) is 0 Å². The third-order valence-corrected chi connectivity index (χ3v) is 7.16. The molecule has 0 saturated heterocycles. The maximum Gasteiger partial charge on any atom is 0.228 e. The Balaban J connectivity index is 1.20. The Labute approximate surface area is 194 Å². The van der Waals surface area contributed by atoms with E-state index >= 15 is 0 Å². The SMILES string of the molecule is CNC1CCC(Nc2ccc3nnc(Sc4ccc5nc(NC(=O)C6CC6)cn5n4)n3c2)C1. The molecule has 6 rings (SSSR count). The zero-order chi connectivity index (χ0) is 22.4. The van der Waals surface area contributed by atoms with Gasteiger partial charge in [0, 0.05) is 24.2 Å². The van der Waals surface area contributed by atoms with Crippen LogP contribution in [-0.2, 0) is 4.79 Å². The van der Waals surface area contributed by atoms with E-state index < -0.39 is 0 Å². The molecule has 2 unspecified atom stereocenters. The molecule has 0 aromatic carbocycles. The van der Waals surface area contributed by atoms with Crippen LogP contribution in [0.4, 0.5) is 11.5 Å². The van der Waals surface area contributed by atoms with Crippen molar-refractivity contribution in [3.63, 3.8) is 0 Å². The Bertz CT molecular complexity index is 1330. The molecule has 2 saturated carbocycles. The molecule has 4 heterocycles. The highest BCUT2D eigenvalue weighted by atomic mass is 32.2. The normalized spacial score (nSPS) is 20.5. The number of nitrogens with one attached hydrogen (secondary N) is 3. The summed E-state index contributed by atoms with van der Waals surface area (Å²) >= 11 is 1.44.